The molecule has 39 heavy (non-hydrogen) atoms. The minimum Gasteiger partial charge on any atom is -0.465 e. The highest BCUT2D eigenvalue weighted by Crippen LogP contribution is 2.32. The molecule has 2 aliphatic rings. The number of fused-ring (bicyclic) bond motifs is 1. The molecule has 0 aromatic heterocycles. The highest BCUT2D eigenvalue weighted by molar-refractivity contribution is 6.08. The first-order valence-corrected chi connectivity index (χ1v) is 13.2. The minimum absolute atomic E-state index is 0.0653. The zero-order valence-corrected chi connectivity index (χ0v) is 22.1. The SMILES string of the molecule is CCCN(CCC)C(=O)C1=Cc2ccc(-c3ccc(C(=O)N4C[C@H](O)[C@@H](O)C4)cc3)cc2N=C(NC(=O)O)C1. The Morgan fingerprint density at radius 2 is 1.59 bits per heavy atom. The molecule has 2 heterocycles. The fourth-order valence-electron chi connectivity index (χ4n) is 4.86. The molecule has 2 aromatic carbocycles. The monoisotopic (exact) mass is 534 g/mol. The predicted octanol–water partition coefficient (Wildman–Crippen LogP) is 3.26. The van der Waals surface area contributed by atoms with Gasteiger partial charge in [-0.3, -0.25) is 14.9 Å². The predicted molar refractivity (Wildman–Crippen MR) is 148 cm³/mol. The Kier molecular flexibility index (Phi) is 8.78. The number of aliphatic hydroxyl groups is 2. The van der Waals surface area contributed by atoms with Crippen molar-refractivity contribution in [2.24, 2.45) is 4.99 Å². The number of β-amino-alcohol motifs (C(OH)–C–C–N with tert-alkyl or cyclic N) is 2. The van der Waals surface area contributed by atoms with Crippen LogP contribution in [0.5, 0.6) is 0 Å². The van der Waals surface area contributed by atoms with Crippen molar-refractivity contribution in [2.75, 3.05) is 26.2 Å². The first-order valence-electron chi connectivity index (χ1n) is 13.2. The number of carbonyl (C=O) groups is 3. The summed E-state index contributed by atoms with van der Waals surface area (Å²) in [7, 11) is 0. The number of benzene rings is 2. The maximum Gasteiger partial charge on any atom is 0.410 e. The van der Waals surface area contributed by atoms with E-state index in [9.17, 15) is 29.7 Å². The molecular weight excluding hydrogens is 500 g/mol. The lowest BCUT2D eigenvalue weighted by atomic mass is 9.99. The number of nitrogens with zero attached hydrogens (tertiary/aromatic N) is 3. The third-order valence-corrected chi connectivity index (χ3v) is 6.79. The summed E-state index contributed by atoms with van der Waals surface area (Å²) in [5.41, 5.74) is 3.76. The van der Waals surface area contributed by atoms with Gasteiger partial charge in [0, 0.05) is 49.3 Å². The first-order chi connectivity index (χ1) is 18.7. The van der Waals surface area contributed by atoms with Crippen molar-refractivity contribution in [1.82, 2.24) is 15.1 Å². The van der Waals surface area contributed by atoms with Crippen LogP contribution in [-0.4, -0.2) is 87.2 Å². The number of carbonyl (C=O) groups excluding carboxylic acids is 2. The van der Waals surface area contributed by atoms with Crippen LogP contribution in [0, 0.1) is 0 Å². The van der Waals surface area contributed by atoms with Crippen LogP contribution in [-0.2, 0) is 4.79 Å². The lowest BCUT2D eigenvalue weighted by molar-refractivity contribution is -0.127. The molecule has 206 valence electrons. The highest BCUT2D eigenvalue weighted by atomic mass is 16.4. The van der Waals surface area contributed by atoms with E-state index in [1.807, 2.05) is 32.0 Å². The fraction of sp³-hybridized carbons (Fsp3) is 0.379. The third-order valence-electron chi connectivity index (χ3n) is 6.79. The Bertz CT molecular complexity index is 1290. The molecule has 2 aliphatic heterocycles. The maximum absolute atomic E-state index is 13.3. The molecule has 1 saturated heterocycles. The van der Waals surface area contributed by atoms with Gasteiger partial charge >= 0.3 is 6.09 Å². The van der Waals surface area contributed by atoms with Gasteiger partial charge in [0.15, 0.2) is 0 Å². The normalized spacial score (nSPS) is 18.5. The molecule has 1 fully saturated rings. The highest BCUT2D eigenvalue weighted by Gasteiger charge is 2.33. The molecule has 0 spiro atoms. The second-order valence-electron chi connectivity index (χ2n) is 9.82. The number of rotatable bonds is 7. The number of likely N-dealkylation sites (tertiary alicyclic amines) is 1. The molecule has 10 heteroatoms. The van der Waals surface area contributed by atoms with Crippen molar-refractivity contribution in [3.63, 3.8) is 0 Å². The van der Waals surface area contributed by atoms with Crippen LogP contribution in [0.15, 0.2) is 53.0 Å². The van der Waals surface area contributed by atoms with Gasteiger partial charge in [0.25, 0.3) is 5.91 Å². The number of amides is 3. The molecule has 2 aromatic rings. The van der Waals surface area contributed by atoms with Crippen molar-refractivity contribution in [2.45, 2.75) is 45.3 Å². The topological polar surface area (TPSA) is 143 Å². The molecule has 10 nitrogen and oxygen atoms in total. The van der Waals surface area contributed by atoms with Crippen LogP contribution >= 0.6 is 0 Å². The molecular formula is C29H34N4O6. The van der Waals surface area contributed by atoms with E-state index in [1.165, 1.54) is 4.90 Å². The van der Waals surface area contributed by atoms with Gasteiger partial charge in [-0.2, -0.15) is 0 Å². The summed E-state index contributed by atoms with van der Waals surface area (Å²) in [6, 6.07) is 12.5. The van der Waals surface area contributed by atoms with Crippen LogP contribution < -0.4 is 5.32 Å². The number of aliphatic hydroxyl groups excluding tert-OH is 2. The first kappa shape index (κ1) is 28.0. The second-order valence-corrected chi connectivity index (χ2v) is 9.82. The fourth-order valence-corrected chi connectivity index (χ4v) is 4.86. The molecule has 0 unspecified atom stereocenters. The van der Waals surface area contributed by atoms with Gasteiger partial charge in [0.05, 0.1) is 17.9 Å². The van der Waals surface area contributed by atoms with Gasteiger partial charge in [-0.1, -0.05) is 38.1 Å². The minimum atomic E-state index is -1.25. The molecule has 2 atom stereocenters. The van der Waals surface area contributed by atoms with Crippen LogP contribution in [0.3, 0.4) is 0 Å². The molecule has 4 rings (SSSR count). The quantitative estimate of drug-likeness (QED) is 0.429. The number of hydrogen-bond acceptors (Lipinski definition) is 6. The van der Waals surface area contributed by atoms with Gasteiger partial charge < -0.3 is 25.1 Å². The van der Waals surface area contributed by atoms with E-state index in [1.54, 1.807) is 35.2 Å². The molecule has 4 N–H and O–H groups in total. The number of carboxylic acid groups (broad SMARTS) is 1. The summed E-state index contributed by atoms with van der Waals surface area (Å²) in [4.78, 5) is 45.3. The standard InChI is InChI=1S/C29H34N4O6/c1-3-11-32(12-4-2)28(37)22-13-21-10-9-20(14-23(21)30-26(15-22)31-29(38)39)18-5-7-19(8-6-18)27(36)33-16-24(34)25(35)17-33/h5-10,13-14,24-25,34-35H,3-4,11-12,15-17H2,1-2H3,(H,30,31)(H,38,39)/t24-,25-/m0/s1. The molecule has 3 amide bonds. The second kappa shape index (κ2) is 12.2. The average molecular weight is 535 g/mol. The van der Waals surface area contributed by atoms with Crippen LogP contribution in [0.2, 0.25) is 0 Å². The van der Waals surface area contributed by atoms with E-state index in [4.69, 9.17) is 0 Å². The molecule has 0 aliphatic carbocycles. The lowest BCUT2D eigenvalue weighted by Gasteiger charge is -2.23. The van der Waals surface area contributed by atoms with Gasteiger partial charge in [0.2, 0.25) is 5.91 Å². The molecule has 0 bridgehead atoms. The van der Waals surface area contributed by atoms with Crippen LogP contribution in [0.25, 0.3) is 17.2 Å². The van der Waals surface area contributed by atoms with Gasteiger partial charge in [-0.25, -0.2) is 9.79 Å². The van der Waals surface area contributed by atoms with Crippen molar-refractivity contribution in [3.05, 3.63) is 59.2 Å². The van der Waals surface area contributed by atoms with Crippen molar-refractivity contribution < 1.29 is 29.7 Å². The lowest BCUT2D eigenvalue weighted by Crippen LogP contribution is -2.36. The maximum atomic E-state index is 13.3. The van der Waals surface area contributed by atoms with Crippen molar-refractivity contribution in [1.29, 1.82) is 0 Å². The summed E-state index contributed by atoms with van der Waals surface area (Å²) in [6.07, 6.45) is 0.340. The Morgan fingerprint density at radius 3 is 2.18 bits per heavy atom. The van der Waals surface area contributed by atoms with Crippen LogP contribution in [0.4, 0.5) is 10.5 Å². The van der Waals surface area contributed by atoms with Crippen molar-refractivity contribution in [3.8, 4) is 11.1 Å². The van der Waals surface area contributed by atoms with E-state index in [0.717, 1.165) is 24.0 Å². The van der Waals surface area contributed by atoms with Crippen molar-refractivity contribution >= 4 is 35.5 Å². The Hall–Kier alpha value is -4.02. The molecule has 0 radical (unpaired) electrons. The molecule has 0 saturated carbocycles. The summed E-state index contributed by atoms with van der Waals surface area (Å²) in [5, 5.41) is 31.2. The Morgan fingerprint density at radius 1 is 0.974 bits per heavy atom. The van der Waals surface area contributed by atoms with Gasteiger partial charge in [-0.15, -0.1) is 0 Å². The zero-order chi connectivity index (χ0) is 28.1. The Labute approximate surface area is 227 Å². The largest absolute Gasteiger partial charge is 0.465 e. The van der Waals surface area contributed by atoms with E-state index in [0.29, 0.717) is 35.5 Å². The van der Waals surface area contributed by atoms with E-state index >= 15 is 0 Å². The van der Waals surface area contributed by atoms with E-state index < -0.39 is 18.3 Å². The Balaban J connectivity index is 1.63. The number of aliphatic imine (C=N–C) groups is 1. The van der Waals surface area contributed by atoms with Gasteiger partial charge in [-0.05, 0) is 48.2 Å². The summed E-state index contributed by atoms with van der Waals surface area (Å²) >= 11 is 0. The number of hydrogen-bond donors (Lipinski definition) is 4. The summed E-state index contributed by atoms with van der Waals surface area (Å²) in [6.45, 7) is 5.43. The smallest absolute Gasteiger partial charge is 0.410 e. The van der Waals surface area contributed by atoms with Gasteiger partial charge in [0.1, 0.15) is 5.84 Å². The number of amidine groups is 1. The summed E-state index contributed by atoms with van der Waals surface area (Å²) < 4.78 is 0. The number of nitrogens with one attached hydrogen (secondary N) is 1. The zero-order valence-electron chi connectivity index (χ0n) is 22.1. The summed E-state index contributed by atoms with van der Waals surface area (Å²) in [5.74, 6) is -0.230. The van der Waals surface area contributed by atoms with E-state index in [-0.39, 0.29) is 37.2 Å². The van der Waals surface area contributed by atoms with Crippen LogP contribution in [0.1, 0.15) is 49.0 Å². The average Bonchev–Trinajstić information content (AvgIpc) is 3.14. The van der Waals surface area contributed by atoms with E-state index in [2.05, 4.69) is 10.3 Å². The third kappa shape index (κ3) is 6.52.